The van der Waals surface area contributed by atoms with Gasteiger partial charge in [-0.25, -0.2) is 4.79 Å². The first-order chi connectivity index (χ1) is 16.4. The summed E-state index contributed by atoms with van der Waals surface area (Å²) < 4.78 is 5.54. The van der Waals surface area contributed by atoms with E-state index in [4.69, 9.17) is 10.5 Å². The summed E-state index contributed by atoms with van der Waals surface area (Å²) in [6.07, 6.45) is 2.03. The zero-order valence-corrected chi connectivity index (χ0v) is 19.5. The van der Waals surface area contributed by atoms with Crippen LogP contribution in [0.1, 0.15) is 48.0 Å². The molecular weight excluding hydrogens is 432 g/mol. The average Bonchev–Trinajstić information content (AvgIpc) is 2.85. The van der Waals surface area contributed by atoms with E-state index in [1.165, 1.54) is 9.80 Å². The Labute approximate surface area is 200 Å². The number of ether oxygens (including phenoxy) is 1. The Morgan fingerprint density at radius 2 is 1.56 bits per heavy atom. The lowest BCUT2D eigenvalue weighted by atomic mass is 9.91. The van der Waals surface area contributed by atoms with Crippen molar-refractivity contribution in [1.29, 1.82) is 0 Å². The van der Waals surface area contributed by atoms with E-state index in [0.717, 1.165) is 31.2 Å². The lowest BCUT2D eigenvalue weighted by Gasteiger charge is -2.42. The van der Waals surface area contributed by atoms with Gasteiger partial charge in [0.2, 0.25) is 0 Å². The van der Waals surface area contributed by atoms with Crippen molar-refractivity contribution < 1.29 is 19.1 Å². The second-order valence-corrected chi connectivity index (χ2v) is 9.09. The van der Waals surface area contributed by atoms with Crippen molar-refractivity contribution in [2.45, 2.75) is 57.3 Å². The maximum absolute atomic E-state index is 13.5. The maximum Gasteiger partial charge on any atom is 0.417 e. The number of carbonyl (C=O) groups is 3. The van der Waals surface area contributed by atoms with E-state index in [1.54, 1.807) is 36.4 Å². The van der Waals surface area contributed by atoms with Crippen LogP contribution < -0.4 is 15.8 Å². The Kier molecular flexibility index (Phi) is 7.47. The molecular formula is C26H32N4O4. The molecule has 1 saturated carbocycles. The summed E-state index contributed by atoms with van der Waals surface area (Å²) in [5.41, 5.74) is 7.52. The molecule has 0 aromatic heterocycles. The Morgan fingerprint density at radius 1 is 0.912 bits per heavy atom. The molecule has 180 valence electrons. The van der Waals surface area contributed by atoms with E-state index in [0.29, 0.717) is 30.8 Å². The van der Waals surface area contributed by atoms with Crippen molar-refractivity contribution in [2.75, 3.05) is 13.1 Å². The van der Waals surface area contributed by atoms with Crippen LogP contribution in [0.25, 0.3) is 0 Å². The maximum atomic E-state index is 13.5. The third-order valence-corrected chi connectivity index (χ3v) is 6.48. The number of hydrogen-bond acceptors (Lipinski definition) is 5. The summed E-state index contributed by atoms with van der Waals surface area (Å²) >= 11 is 0. The molecule has 34 heavy (non-hydrogen) atoms. The van der Waals surface area contributed by atoms with Crippen molar-refractivity contribution in [2.24, 2.45) is 5.73 Å². The first kappa shape index (κ1) is 23.8. The lowest BCUT2D eigenvalue weighted by Crippen LogP contribution is -2.65. The van der Waals surface area contributed by atoms with Crippen LogP contribution >= 0.6 is 0 Å². The number of nitrogens with zero attached hydrogens (tertiary/aromatic N) is 2. The van der Waals surface area contributed by atoms with E-state index >= 15 is 0 Å². The highest BCUT2D eigenvalue weighted by atomic mass is 16.6. The molecule has 3 N–H and O–H groups in total. The van der Waals surface area contributed by atoms with Crippen molar-refractivity contribution in [3.8, 4) is 5.75 Å². The highest BCUT2D eigenvalue weighted by molar-refractivity contribution is 5.98. The summed E-state index contributed by atoms with van der Waals surface area (Å²) in [6, 6.07) is 16.1. The number of amides is 3. The van der Waals surface area contributed by atoms with Crippen molar-refractivity contribution in [3.63, 3.8) is 0 Å². The lowest BCUT2D eigenvalue weighted by molar-refractivity contribution is -0.133. The average molecular weight is 465 g/mol. The molecule has 2 aliphatic rings. The van der Waals surface area contributed by atoms with Gasteiger partial charge in [0.05, 0.1) is 0 Å². The van der Waals surface area contributed by atoms with Gasteiger partial charge < -0.3 is 20.7 Å². The minimum atomic E-state index is -1.09. The third kappa shape index (κ3) is 5.56. The summed E-state index contributed by atoms with van der Waals surface area (Å²) in [7, 11) is 0. The number of carbonyl (C=O) groups excluding carboxylic acids is 3. The molecule has 4 rings (SSSR count). The smallest absolute Gasteiger partial charge is 0.410 e. The molecule has 1 aliphatic carbocycles. The van der Waals surface area contributed by atoms with Gasteiger partial charge in [-0.3, -0.25) is 14.5 Å². The van der Waals surface area contributed by atoms with Gasteiger partial charge in [-0.15, -0.1) is 0 Å². The van der Waals surface area contributed by atoms with Gasteiger partial charge in [-0.05, 0) is 63.3 Å². The molecule has 1 unspecified atom stereocenters. The van der Waals surface area contributed by atoms with E-state index in [2.05, 4.69) is 5.32 Å². The van der Waals surface area contributed by atoms with Gasteiger partial charge in [0.1, 0.15) is 5.75 Å². The number of benzene rings is 2. The van der Waals surface area contributed by atoms with Crippen LogP contribution in [0.3, 0.4) is 0 Å². The van der Waals surface area contributed by atoms with Gasteiger partial charge in [0.25, 0.3) is 11.8 Å². The molecule has 3 amide bonds. The molecule has 1 saturated heterocycles. The first-order valence-electron chi connectivity index (χ1n) is 11.9. The summed E-state index contributed by atoms with van der Waals surface area (Å²) in [4.78, 5) is 42.9. The van der Waals surface area contributed by atoms with Crippen molar-refractivity contribution in [3.05, 3.63) is 65.7 Å². The standard InChI is InChI=1S/C26H32N4O4/c1-18-8-10-19(11-9-18)25(32)29-16-5-17-30(26(33)34-22-6-3-2-4-7-22)24(29)23(31)28-21-14-12-20(27)13-15-21/h2-4,6-11,20-21,24H,5,12-17,27H2,1H3,(H,28,31). The molecule has 0 spiro atoms. The molecule has 0 bridgehead atoms. The summed E-state index contributed by atoms with van der Waals surface area (Å²) in [5.74, 6) is -0.274. The van der Waals surface area contributed by atoms with E-state index in [9.17, 15) is 14.4 Å². The van der Waals surface area contributed by atoms with Gasteiger partial charge >= 0.3 is 6.09 Å². The first-order valence-corrected chi connectivity index (χ1v) is 11.9. The minimum Gasteiger partial charge on any atom is -0.410 e. The number of nitrogens with two attached hydrogens (primary N) is 1. The molecule has 8 heteroatoms. The highest BCUT2D eigenvalue weighted by Gasteiger charge is 2.42. The fourth-order valence-electron chi connectivity index (χ4n) is 4.56. The largest absolute Gasteiger partial charge is 0.417 e. The number of para-hydroxylation sites is 1. The van der Waals surface area contributed by atoms with Crippen molar-refractivity contribution >= 4 is 17.9 Å². The number of rotatable bonds is 4. The normalized spacial score (nSPS) is 22.7. The third-order valence-electron chi connectivity index (χ3n) is 6.48. The summed E-state index contributed by atoms with van der Waals surface area (Å²) in [5, 5.41) is 3.07. The Morgan fingerprint density at radius 3 is 2.24 bits per heavy atom. The zero-order chi connectivity index (χ0) is 24.1. The monoisotopic (exact) mass is 464 g/mol. The second kappa shape index (κ2) is 10.7. The van der Waals surface area contributed by atoms with Crippen LogP contribution in [0.4, 0.5) is 4.79 Å². The van der Waals surface area contributed by atoms with Crippen LogP contribution in [-0.2, 0) is 4.79 Å². The summed E-state index contributed by atoms with van der Waals surface area (Å²) in [6.45, 7) is 2.63. The van der Waals surface area contributed by atoms with Gasteiger partial charge in [0.15, 0.2) is 6.17 Å². The predicted octanol–water partition coefficient (Wildman–Crippen LogP) is 3.05. The van der Waals surface area contributed by atoms with E-state index < -0.39 is 12.3 Å². The van der Waals surface area contributed by atoms with Crippen LogP contribution in [-0.4, -0.2) is 59.0 Å². The Hall–Kier alpha value is -3.39. The molecule has 1 atom stereocenters. The zero-order valence-electron chi connectivity index (χ0n) is 19.5. The van der Waals surface area contributed by atoms with Gasteiger partial charge in [0, 0.05) is 30.7 Å². The molecule has 1 aliphatic heterocycles. The SMILES string of the molecule is Cc1ccc(C(=O)N2CCCN(C(=O)Oc3ccccc3)C2C(=O)NC2CCC(N)CC2)cc1. The Bertz CT molecular complexity index is 1000. The minimum absolute atomic E-state index is 0.0300. The van der Waals surface area contributed by atoms with Crippen LogP contribution in [0, 0.1) is 6.92 Å². The second-order valence-electron chi connectivity index (χ2n) is 9.09. The molecule has 2 fully saturated rings. The molecule has 8 nitrogen and oxygen atoms in total. The number of nitrogens with one attached hydrogen (secondary N) is 1. The number of hydrogen-bond donors (Lipinski definition) is 2. The quantitative estimate of drug-likeness (QED) is 0.724. The van der Waals surface area contributed by atoms with Crippen molar-refractivity contribution in [1.82, 2.24) is 15.1 Å². The predicted molar refractivity (Wildman–Crippen MR) is 128 cm³/mol. The van der Waals surface area contributed by atoms with Crippen LogP contribution in [0.15, 0.2) is 54.6 Å². The fraction of sp³-hybridized carbons (Fsp3) is 0.423. The van der Waals surface area contributed by atoms with Crippen LogP contribution in [0.5, 0.6) is 5.75 Å². The molecule has 2 aromatic rings. The Balaban J connectivity index is 1.58. The van der Waals surface area contributed by atoms with E-state index in [-0.39, 0.29) is 23.9 Å². The van der Waals surface area contributed by atoms with Gasteiger partial charge in [-0.2, -0.15) is 0 Å². The molecule has 1 heterocycles. The highest BCUT2D eigenvalue weighted by Crippen LogP contribution is 2.23. The molecule has 0 radical (unpaired) electrons. The van der Waals surface area contributed by atoms with Crippen LogP contribution in [0.2, 0.25) is 0 Å². The fourth-order valence-corrected chi connectivity index (χ4v) is 4.56. The van der Waals surface area contributed by atoms with E-state index in [1.807, 2.05) is 25.1 Å². The molecule has 2 aromatic carbocycles. The topological polar surface area (TPSA) is 105 Å². The number of aryl methyl sites for hydroxylation is 1. The van der Waals surface area contributed by atoms with Gasteiger partial charge in [-0.1, -0.05) is 35.9 Å².